The van der Waals surface area contributed by atoms with E-state index in [0.717, 1.165) is 17.6 Å². The average molecular weight is 418 g/mol. The fraction of sp³-hybridized carbons (Fsp3) is 0.292. The van der Waals surface area contributed by atoms with Gasteiger partial charge in [-0.3, -0.25) is 9.59 Å². The lowest BCUT2D eigenvalue weighted by atomic mass is 10.0. The topological polar surface area (TPSA) is 94.3 Å². The van der Waals surface area contributed by atoms with E-state index in [2.05, 4.69) is 27.8 Å². The number of amides is 3. The van der Waals surface area contributed by atoms with Crippen LogP contribution < -0.4 is 10.6 Å². The number of ketones is 1. The van der Waals surface area contributed by atoms with Crippen LogP contribution in [-0.2, 0) is 17.8 Å². The van der Waals surface area contributed by atoms with Gasteiger partial charge in [0, 0.05) is 47.4 Å². The molecule has 4 rings (SSSR count). The molecule has 3 amide bonds. The number of anilines is 1. The Bertz CT molecular complexity index is 1130. The van der Waals surface area contributed by atoms with Crippen LogP contribution in [0.1, 0.15) is 41.4 Å². The summed E-state index contributed by atoms with van der Waals surface area (Å²) in [7, 11) is 0. The van der Waals surface area contributed by atoms with Gasteiger partial charge in [0.2, 0.25) is 5.91 Å². The summed E-state index contributed by atoms with van der Waals surface area (Å²) in [4.78, 5) is 41.3. The molecule has 3 aromatic rings. The number of hydrogen-bond donors (Lipinski definition) is 3. The average Bonchev–Trinajstić information content (AvgIpc) is 3.14. The zero-order valence-electron chi connectivity index (χ0n) is 17.5. The molecule has 0 saturated heterocycles. The second-order valence-electron chi connectivity index (χ2n) is 7.82. The number of nitrogens with one attached hydrogen (secondary N) is 3. The van der Waals surface area contributed by atoms with Gasteiger partial charge in [-0.05, 0) is 43.5 Å². The van der Waals surface area contributed by atoms with Gasteiger partial charge in [-0.25, -0.2) is 4.79 Å². The van der Waals surface area contributed by atoms with Crippen molar-refractivity contribution in [2.75, 3.05) is 18.4 Å². The molecular formula is C24H26N4O3. The van der Waals surface area contributed by atoms with Crippen LogP contribution in [0.3, 0.4) is 0 Å². The van der Waals surface area contributed by atoms with Crippen molar-refractivity contribution < 1.29 is 14.4 Å². The summed E-state index contributed by atoms with van der Waals surface area (Å²) >= 11 is 0. The Balaban J connectivity index is 1.22. The minimum atomic E-state index is -0.143. The van der Waals surface area contributed by atoms with Crippen molar-refractivity contribution >= 4 is 34.3 Å². The van der Waals surface area contributed by atoms with Crippen molar-refractivity contribution in [3.8, 4) is 0 Å². The number of hydrogen-bond acceptors (Lipinski definition) is 3. The third kappa shape index (κ3) is 4.77. The Hall–Kier alpha value is -3.61. The van der Waals surface area contributed by atoms with E-state index < -0.39 is 0 Å². The summed E-state index contributed by atoms with van der Waals surface area (Å²) in [6.45, 7) is 3.15. The van der Waals surface area contributed by atoms with Crippen LogP contribution in [0.5, 0.6) is 0 Å². The predicted molar refractivity (Wildman–Crippen MR) is 120 cm³/mol. The standard InChI is InChI=1S/C24H26N4O3/c1-16(29)17-6-4-7-18(14-17)26-23(30)10-5-12-25-24(31)28-13-11-20-19-8-2-3-9-21(19)27-22(20)15-28/h2-4,6-9,14,27H,5,10-13,15H2,1H3,(H,25,31)(H,26,30). The number of urea groups is 1. The van der Waals surface area contributed by atoms with Gasteiger partial charge < -0.3 is 20.5 Å². The first-order chi connectivity index (χ1) is 15.0. The molecular weight excluding hydrogens is 392 g/mol. The Morgan fingerprint density at radius 3 is 2.77 bits per heavy atom. The third-order valence-corrected chi connectivity index (χ3v) is 5.58. The molecule has 0 saturated carbocycles. The third-order valence-electron chi connectivity index (χ3n) is 5.58. The lowest BCUT2D eigenvalue weighted by Crippen LogP contribution is -2.43. The van der Waals surface area contributed by atoms with Gasteiger partial charge in [-0.1, -0.05) is 30.3 Å². The van der Waals surface area contributed by atoms with E-state index >= 15 is 0 Å². The molecule has 0 unspecified atom stereocenters. The molecule has 0 spiro atoms. The lowest BCUT2D eigenvalue weighted by Gasteiger charge is -2.27. The van der Waals surface area contributed by atoms with Crippen molar-refractivity contribution in [3.63, 3.8) is 0 Å². The van der Waals surface area contributed by atoms with E-state index in [1.54, 1.807) is 29.2 Å². The molecule has 1 aliphatic heterocycles. The highest BCUT2D eigenvalue weighted by Gasteiger charge is 2.23. The molecule has 160 valence electrons. The minimum absolute atomic E-state index is 0.0453. The maximum absolute atomic E-state index is 12.5. The van der Waals surface area contributed by atoms with Crippen LogP contribution >= 0.6 is 0 Å². The summed E-state index contributed by atoms with van der Waals surface area (Å²) in [5.41, 5.74) is 4.66. The van der Waals surface area contributed by atoms with Gasteiger partial charge in [-0.15, -0.1) is 0 Å². The maximum atomic E-state index is 12.5. The summed E-state index contributed by atoms with van der Waals surface area (Å²) < 4.78 is 0. The Kier molecular flexibility index (Phi) is 6.02. The van der Waals surface area contributed by atoms with Crippen LogP contribution in [0, 0.1) is 0 Å². The number of aromatic nitrogens is 1. The normalized spacial score (nSPS) is 13.0. The molecule has 0 radical (unpaired) electrons. The maximum Gasteiger partial charge on any atom is 0.317 e. The summed E-state index contributed by atoms with van der Waals surface area (Å²) in [5.74, 6) is -0.188. The Morgan fingerprint density at radius 2 is 1.94 bits per heavy atom. The molecule has 0 atom stereocenters. The number of para-hydroxylation sites is 1. The number of rotatable bonds is 6. The zero-order valence-corrected chi connectivity index (χ0v) is 17.5. The van der Waals surface area contributed by atoms with Crippen molar-refractivity contribution in [1.29, 1.82) is 0 Å². The van der Waals surface area contributed by atoms with Crippen LogP contribution in [-0.4, -0.2) is 40.7 Å². The second-order valence-corrected chi connectivity index (χ2v) is 7.82. The van der Waals surface area contributed by atoms with Gasteiger partial charge in [0.25, 0.3) is 0 Å². The van der Waals surface area contributed by atoms with Crippen molar-refractivity contribution in [3.05, 3.63) is 65.4 Å². The molecule has 7 heteroatoms. The highest BCUT2D eigenvalue weighted by atomic mass is 16.2. The van der Waals surface area contributed by atoms with E-state index in [4.69, 9.17) is 0 Å². The van der Waals surface area contributed by atoms with Gasteiger partial charge >= 0.3 is 6.03 Å². The van der Waals surface area contributed by atoms with E-state index in [1.807, 2.05) is 12.1 Å². The summed E-state index contributed by atoms with van der Waals surface area (Å²) in [6.07, 6.45) is 1.65. The number of nitrogens with zero attached hydrogens (tertiary/aromatic N) is 1. The molecule has 0 fully saturated rings. The first kappa shape index (κ1) is 20.7. The summed E-state index contributed by atoms with van der Waals surface area (Å²) in [5, 5.41) is 6.94. The molecule has 2 heterocycles. The minimum Gasteiger partial charge on any atom is -0.357 e. The Labute approximate surface area is 180 Å². The van der Waals surface area contributed by atoms with Gasteiger partial charge in [-0.2, -0.15) is 0 Å². The largest absolute Gasteiger partial charge is 0.357 e. The molecule has 0 aliphatic carbocycles. The van der Waals surface area contributed by atoms with Crippen LogP contribution in [0.2, 0.25) is 0 Å². The number of Topliss-reactive ketones (excluding diaryl/α,β-unsaturated/α-hetero) is 1. The first-order valence-corrected chi connectivity index (χ1v) is 10.5. The highest BCUT2D eigenvalue weighted by Crippen LogP contribution is 2.27. The smallest absolute Gasteiger partial charge is 0.317 e. The quantitative estimate of drug-likeness (QED) is 0.419. The molecule has 1 aliphatic rings. The molecule has 7 nitrogen and oxygen atoms in total. The number of H-pyrrole nitrogens is 1. The lowest BCUT2D eigenvalue weighted by molar-refractivity contribution is -0.116. The second kappa shape index (κ2) is 9.04. The zero-order chi connectivity index (χ0) is 21.8. The number of aromatic amines is 1. The number of fused-ring (bicyclic) bond motifs is 3. The number of carbonyl (C=O) groups excluding carboxylic acids is 3. The Morgan fingerprint density at radius 1 is 1.10 bits per heavy atom. The van der Waals surface area contributed by atoms with Gasteiger partial charge in [0.05, 0.1) is 6.54 Å². The van der Waals surface area contributed by atoms with E-state index in [0.29, 0.717) is 37.3 Å². The number of carbonyl (C=O) groups is 3. The number of benzene rings is 2. The monoisotopic (exact) mass is 418 g/mol. The van der Waals surface area contributed by atoms with Gasteiger partial charge in [0.1, 0.15) is 0 Å². The highest BCUT2D eigenvalue weighted by molar-refractivity contribution is 5.97. The van der Waals surface area contributed by atoms with Crippen molar-refractivity contribution in [2.24, 2.45) is 0 Å². The molecule has 0 bridgehead atoms. The SMILES string of the molecule is CC(=O)c1cccc(NC(=O)CCCNC(=O)N2CCc3c([nH]c4ccccc34)C2)c1. The van der Waals surface area contributed by atoms with E-state index in [1.165, 1.54) is 17.9 Å². The van der Waals surface area contributed by atoms with Crippen LogP contribution in [0.15, 0.2) is 48.5 Å². The summed E-state index contributed by atoms with van der Waals surface area (Å²) in [6, 6.07) is 15.0. The molecule has 1 aromatic heterocycles. The van der Waals surface area contributed by atoms with Gasteiger partial charge in [0.15, 0.2) is 5.78 Å². The van der Waals surface area contributed by atoms with Crippen LogP contribution in [0.4, 0.5) is 10.5 Å². The predicted octanol–water partition coefficient (Wildman–Crippen LogP) is 3.86. The fourth-order valence-electron chi connectivity index (χ4n) is 3.96. The van der Waals surface area contributed by atoms with E-state index in [-0.39, 0.29) is 24.1 Å². The van der Waals surface area contributed by atoms with Crippen molar-refractivity contribution in [2.45, 2.75) is 32.7 Å². The van der Waals surface area contributed by atoms with Crippen molar-refractivity contribution in [1.82, 2.24) is 15.2 Å². The van der Waals surface area contributed by atoms with E-state index in [9.17, 15) is 14.4 Å². The molecule has 31 heavy (non-hydrogen) atoms. The first-order valence-electron chi connectivity index (χ1n) is 10.5. The van der Waals surface area contributed by atoms with Crippen LogP contribution in [0.25, 0.3) is 10.9 Å². The fourth-order valence-corrected chi connectivity index (χ4v) is 3.96. The molecule has 3 N–H and O–H groups in total. The molecule has 2 aromatic carbocycles.